The minimum Gasteiger partial charge on any atom is -0.493 e. The summed E-state index contributed by atoms with van der Waals surface area (Å²) in [5.41, 5.74) is 3.60. The van der Waals surface area contributed by atoms with Crippen molar-refractivity contribution < 1.29 is 19.0 Å². The van der Waals surface area contributed by atoms with E-state index in [4.69, 9.17) is 14.2 Å². The molecule has 0 spiro atoms. The number of amides is 1. The van der Waals surface area contributed by atoms with Crippen LogP contribution in [0.15, 0.2) is 36.4 Å². The molecular weight excluding hydrogens is 366 g/mol. The Hall–Kier alpha value is -2.69. The van der Waals surface area contributed by atoms with Crippen LogP contribution in [-0.4, -0.2) is 37.7 Å². The number of ether oxygens (including phenoxy) is 3. The average molecular weight is 398 g/mol. The van der Waals surface area contributed by atoms with Crippen LogP contribution in [0.2, 0.25) is 0 Å². The Bertz CT molecular complexity index is 868. The number of carbonyl (C=O) groups excluding carboxylic acids is 1. The Morgan fingerprint density at radius 3 is 2.14 bits per heavy atom. The van der Waals surface area contributed by atoms with E-state index < -0.39 is 6.10 Å². The number of carbonyl (C=O) groups is 1. The van der Waals surface area contributed by atoms with E-state index in [1.165, 1.54) is 11.1 Å². The van der Waals surface area contributed by atoms with Crippen molar-refractivity contribution in [2.45, 2.75) is 52.2 Å². The fourth-order valence-corrected chi connectivity index (χ4v) is 3.62. The van der Waals surface area contributed by atoms with E-state index in [2.05, 4.69) is 32.9 Å². The molecule has 2 aromatic rings. The van der Waals surface area contributed by atoms with Gasteiger partial charge >= 0.3 is 0 Å². The maximum atomic E-state index is 13.0. The number of methoxy groups -OCH3 is 2. The summed E-state index contributed by atoms with van der Waals surface area (Å²) in [4.78, 5) is 14.8. The molecule has 1 atom stereocenters. The Labute approximate surface area is 173 Å². The molecule has 1 aliphatic heterocycles. The van der Waals surface area contributed by atoms with Gasteiger partial charge in [-0.2, -0.15) is 0 Å². The lowest BCUT2D eigenvalue weighted by Gasteiger charge is -2.31. The van der Waals surface area contributed by atoms with Gasteiger partial charge in [-0.1, -0.05) is 32.9 Å². The summed E-state index contributed by atoms with van der Waals surface area (Å²) < 4.78 is 16.7. The number of hydrogen-bond acceptors (Lipinski definition) is 4. The van der Waals surface area contributed by atoms with Gasteiger partial charge in [-0.25, -0.2) is 0 Å². The summed E-state index contributed by atoms with van der Waals surface area (Å²) in [6.07, 6.45) is 0.242. The van der Waals surface area contributed by atoms with E-state index in [-0.39, 0.29) is 11.3 Å². The Kier molecular flexibility index (Phi) is 6.06. The van der Waals surface area contributed by atoms with Gasteiger partial charge in [-0.15, -0.1) is 0 Å². The summed E-state index contributed by atoms with van der Waals surface area (Å²) in [5, 5.41) is 0. The lowest BCUT2D eigenvalue weighted by atomic mass is 9.87. The largest absolute Gasteiger partial charge is 0.493 e. The third-order valence-electron chi connectivity index (χ3n) is 5.41. The zero-order valence-corrected chi connectivity index (χ0v) is 18.2. The zero-order valence-electron chi connectivity index (χ0n) is 18.2. The second kappa shape index (κ2) is 8.36. The molecule has 29 heavy (non-hydrogen) atoms. The third-order valence-corrected chi connectivity index (χ3v) is 5.41. The van der Waals surface area contributed by atoms with Gasteiger partial charge in [-0.05, 0) is 59.7 Å². The lowest BCUT2D eigenvalue weighted by molar-refractivity contribution is -0.138. The van der Waals surface area contributed by atoms with Crippen LogP contribution in [0.4, 0.5) is 0 Å². The van der Waals surface area contributed by atoms with Crippen LogP contribution in [0.1, 0.15) is 44.4 Å². The smallest absolute Gasteiger partial charge is 0.263 e. The van der Waals surface area contributed by atoms with Crippen LogP contribution in [-0.2, 0) is 23.2 Å². The molecule has 0 N–H and O–H groups in total. The first kappa shape index (κ1) is 21.0. The van der Waals surface area contributed by atoms with E-state index in [0.717, 1.165) is 17.7 Å². The number of fused-ring (bicyclic) bond motifs is 1. The van der Waals surface area contributed by atoms with Gasteiger partial charge < -0.3 is 19.1 Å². The molecule has 5 heteroatoms. The predicted molar refractivity (Wildman–Crippen MR) is 114 cm³/mol. The van der Waals surface area contributed by atoms with Gasteiger partial charge in [0, 0.05) is 13.1 Å². The third kappa shape index (κ3) is 4.66. The van der Waals surface area contributed by atoms with Crippen molar-refractivity contribution in [2.75, 3.05) is 20.8 Å². The van der Waals surface area contributed by atoms with E-state index in [1.54, 1.807) is 14.2 Å². The normalized spacial score (nSPS) is 14.8. The van der Waals surface area contributed by atoms with Crippen molar-refractivity contribution in [2.24, 2.45) is 0 Å². The summed E-state index contributed by atoms with van der Waals surface area (Å²) >= 11 is 0. The molecule has 0 unspecified atom stereocenters. The first-order valence-corrected chi connectivity index (χ1v) is 10.0. The van der Waals surface area contributed by atoms with Crippen LogP contribution in [0.5, 0.6) is 17.2 Å². The summed E-state index contributed by atoms with van der Waals surface area (Å²) in [7, 11) is 3.26. The molecule has 0 bridgehead atoms. The molecule has 2 aromatic carbocycles. The van der Waals surface area contributed by atoms with Crippen molar-refractivity contribution in [3.05, 3.63) is 53.1 Å². The minimum atomic E-state index is -0.544. The molecule has 0 fully saturated rings. The van der Waals surface area contributed by atoms with E-state index >= 15 is 0 Å². The molecule has 0 saturated heterocycles. The van der Waals surface area contributed by atoms with Crippen LogP contribution in [0.25, 0.3) is 0 Å². The highest BCUT2D eigenvalue weighted by molar-refractivity contribution is 5.81. The van der Waals surface area contributed by atoms with Crippen molar-refractivity contribution in [1.29, 1.82) is 0 Å². The first-order valence-electron chi connectivity index (χ1n) is 10.0. The minimum absolute atomic E-state index is 0.00895. The molecule has 0 aliphatic carbocycles. The van der Waals surface area contributed by atoms with E-state index in [9.17, 15) is 4.79 Å². The van der Waals surface area contributed by atoms with Gasteiger partial charge in [-0.3, -0.25) is 4.79 Å². The quantitative estimate of drug-likeness (QED) is 0.752. The van der Waals surface area contributed by atoms with E-state index in [1.807, 2.05) is 36.1 Å². The van der Waals surface area contributed by atoms with Crippen LogP contribution >= 0.6 is 0 Å². The highest BCUT2D eigenvalue weighted by Crippen LogP contribution is 2.33. The summed E-state index contributed by atoms with van der Waals surface area (Å²) in [5.74, 6) is 2.11. The summed E-state index contributed by atoms with van der Waals surface area (Å²) in [6, 6.07) is 12.0. The number of hydrogen-bond donors (Lipinski definition) is 0. The second-order valence-electron chi connectivity index (χ2n) is 8.52. The first-order chi connectivity index (χ1) is 13.7. The van der Waals surface area contributed by atoms with Crippen LogP contribution in [0, 0.1) is 0 Å². The predicted octanol–water partition coefficient (Wildman–Crippen LogP) is 4.35. The maximum Gasteiger partial charge on any atom is 0.263 e. The molecule has 0 saturated carbocycles. The highest BCUT2D eigenvalue weighted by atomic mass is 16.5. The fraction of sp³-hybridized carbons (Fsp3) is 0.458. The monoisotopic (exact) mass is 397 g/mol. The molecule has 5 nitrogen and oxygen atoms in total. The van der Waals surface area contributed by atoms with Crippen molar-refractivity contribution in [1.82, 2.24) is 4.90 Å². The average Bonchev–Trinajstić information content (AvgIpc) is 2.71. The molecular formula is C24H31NO4. The van der Waals surface area contributed by atoms with Crippen molar-refractivity contribution >= 4 is 5.91 Å². The number of rotatable bonds is 5. The van der Waals surface area contributed by atoms with Crippen molar-refractivity contribution in [3.63, 3.8) is 0 Å². The Morgan fingerprint density at radius 2 is 1.59 bits per heavy atom. The molecule has 156 valence electrons. The number of benzene rings is 2. The van der Waals surface area contributed by atoms with Crippen LogP contribution < -0.4 is 14.2 Å². The summed E-state index contributed by atoms with van der Waals surface area (Å²) in [6.45, 7) is 9.54. The molecule has 1 heterocycles. The zero-order chi connectivity index (χ0) is 21.2. The molecule has 1 amide bonds. The molecule has 1 aliphatic rings. The number of nitrogens with zero attached hydrogens (tertiary/aromatic N) is 1. The van der Waals surface area contributed by atoms with E-state index in [0.29, 0.717) is 24.6 Å². The molecule has 3 rings (SSSR count). The highest BCUT2D eigenvalue weighted by Gasteiger charge is 2.27. The molecule has 0 aromatic heterocycles. The van der Waals surface area contributed by atoms with Gasteiger partial charge in [0.05, 0.1) is 14.2 Å². The van der Waals surface area contributed by atoms with Crippen LogP contribution in [0.3, 0.4) is 0 Å². The van der Waals surface area contributed by atoms with Gasteiger partial charge in [0.25, 0.3) is 5.91 Å². The SMILES string of the molecule is COc1cc2c(cc1OC)CN(C(=O)[C@@H](C)Oc1ccc(C(C)(C)C)cc1)CC2. The standard InChI is InChI=1S/C24H31NO4/c1-16(29-20-9-7-19(8-10-20)24(2,3)4)23(26)25-12-11-17-13-21(27-5)22(28-6)14-18(17)15-25/h7-10,13-14,16H,11-12,15H2,1-6H3/t16-/m1/s1. The molecule has 0 radical (unpaired) electrons. The topological polar surface area (TPSA) is 48.0 Å². The fourth-order valence-electron chi connectivity index (χ4n) is 3.62. The van der Waals surface area contributed by atoms with Gasteiger partial charge in [0.2, 0.25) is 0 Å². The second-order valence-corrected chi connectivity index (χ2v) is 8.52. The Morgan fingerprint density at radius 1 is 1.00 bits per heavy atom. The van der Waals surface area contributed by atoms with Crippen molar-refractivity contribution in [3.8, 4) is 17.2 Å². The lowest BCUT2D eigenvalue weighted by Crippen LogP contribution is -2.43. The van der Waals surface area contributed by atoms with Gasteiger partial charge in [0.1, 0.15) is 5.75 Å². The maximum absolute atomic E-state index is 13.0. The van der Waals surface area contributed by atoms with Gasteiger partial charge in [0.15, 0.2) is 17.6 Å². The Balaban J connectivity index is 1.68.